The summed E-state index contributed by atoms with van der Waals surface area (Å²) in [5.41, 5.74) is 14.2. The molecule has 0 spiro atoms. The maximum absolute atomic E-state index is 14.0. The Balaban J connectivity index is 2.10. The molecular formula is C48H80N4O13S2. The Morgan fingerprint density at radius 3 is 2.00 bits per heavy atom. The van der Waals surface area contributed by atoms with Crippen LogP contribution in [0.15, 0.2) is 0 Å². The molecule has 19 heteroatoms. The number of thioether (sulfide) groups is 1. The summed E-state index contributed by atoms with van der Waals surface area (Å²) in [5.74, 6) is -5.01. The molecule has 2 rings (SSSR count). The highest BCUT2D eigenvalue weighted by molar-refractivity contribution is 7.99. The lowest BCUT2D eigenvalue weighted by Gasteiger charge is -2.38. The number of fused-ring (bicyclic) bond motifs is 1. The molecule has 6 atom stereocenters. The standard InChI is InChI=1S/C48H80N4O13S2/c1-29(2)14-11-15-31(5)16-12-17-32(6)18-13-22-48(10)23-21-36-35(9)42(33(7)34(8)43(36)64-48)63-47(59)37(44(55)51-24-25-67(60,61)65-30(3)4)27-66-28-39(50)45(56)52-26-41(54)62-40(53)20-19-38(49)46(57)58/h29-32,37-39H,11-28,49-50H2,1-10H3,(H,51,55)(H,52,56)(H,57,58)/t31?,32?,37?,38-,39-,48?/m0/s1. The molecule has 0 aliphatic carbocycles. The summed E-state index contributed by atoms with van der Waals surface area (Å²) in [5, 5.41) is 13.6. The van der Waals surface area contributed by atoms with Crippen molar-refractivity contribution in [1.29, 1.82) is 0 Å². The molecular weight excluding hydrogens is 905 g/mol. The largest absolute Gasteiger partial charge is 0.487 e. The van der Waals surface area contributed by atoms with E-state index in [4.69, 9.17) is 30.2 Å². The van der Waals surface area contributed by atoms with E-state index in [0.717, 1.165) is 66.2 Å². The molecule has 0 radical (unpaired) electrons. The lowest BCUT2D eigenvalue weighted by Crippen LogP contribution is -2.45. The van der Waals surface area contributed by atoms with Gasteiger partial charge in [-0.2, -0.15) is 20.2 Å². The van der Waals surface area contributed by atoms with Gasteiger partial charge in [-0.1, -0.05) is 72.6 Å². The van der Waals surface area contributed by atoms with Gasteiger partial charge in [0.1, 0.15) is 35.6 Å². The first-order chi connectivity index (χ1) is 31.3. The van der Waals surface area contributed by atoms with E-state index < -0.39 is 88.6 Å². The van der Waals surface area contributed by atoms with Crippen molar-refractivity contribution in [1.82, 2.24) is 10.6 Å². The number of rotatable bonds is 31. The van der Waals surface area contributed by atoms with Crippen molar-refractivity contribution in [2.45, 2.75) is 176 Å². The van der Waals surface area contributed by atoms with Gasteiger partial charge in [0.2, 0.25) is 11.8 Å². The molecule has 0 saturated heterocycles. The van der Waals surface area contributed by atoms with Crippen molar-refractivity contribution in [3.8, 4) is 11.5 Å². The van der Waals surface area contributed by atoms with Gasteiger partial charge in [-0.3, -0.25) is 28.2 Å². The second-order valence-corrected chi connectivity index (χ2v) is 22.1. The van der Waals surface area contributed by atoms with E-state index in [-0.39, 0.29) is 30.1 Å². The maximum Gasteiger partial charge on any atom is 0.333 e. The highest BCUT2D eigenvalue weighted by atomic mass is 32.2. The number of nitrogens with one attached hydrogen (secondary N) is 2. The third kappa shape index (κ3) is 21.6. The van der Waals surface area contributed by atoms with Gasteiger partial charge < -0.3 is 41.4 Å². The minimum atomic E-state index is -3.98. The minimum absolute atomic E-state index is 0.121. The molecule has 0 fully saturated rings. The molecule has 7 N–H and O–H groups in total. The van der Waals surface area contributed by atoms with Crippen LogP contribution in [0.5, 0.6) is 11.5 Å². The van der Waals surface area contributed by atoms with Crippen LogP contribution < -0.4 is 31.6 Å². The van der Waals surface area contributed by atoms with Crippen LogP contribution in [0.3, 0.4) is 0 Å². The normalized spacial score (nSPS) is 17.1. The Kier molecular flexibility index (Phi) is 25.4. The summed E-state index contributed by atoms with van der Waals surface area (Å²) >= 11 is 0.978. The van der Waals surface area contributed by atoms with Gasteiger partial charge in [-0.15, -0.1) is 0 Å². The fourth-order valence-corrected chi connectivity index (χ4v) is 9.99. The Labute approximate surface area is 403 Å². The van der Waals surface area contributed by atoms with Gasteiger partial charge in [0, 0.05) is 30.0 Å². The van der Waals surface area contributed by atoms with Gasteiger partial charge in [0.05, 0.1) is 17.9 Å². The van der Waals surface area contributed by atoms with E-state index >= 15 is 0 Å². The van der Waals surface area contributed by atoms with E-state index in [9.17, 15) is 37.2 Å². The summed E-state index contributed by atoms with van der Waals surface area (Å²) in [4.78, 5) is 75.0. The number of ether oxygens (including phenoxy) is 3. The van der Waals surface area contributed by atoms with E-state index in [0.29, 0.717) is 29.2 Å². The lowest BCUT2D eigenvalue weighted by atomic mass is 9.83. The Morgan fingerprint density at radius 1 is 0.791 bits per heavy atom. The first kappa shape index (κ1) is 59.3. The predicted molar refractivity (Wildman–Crippen MR) is 259 cm³/mol. The number of hydrogen-bond donors (Lipinski definition) is 5. The molecule has 1 aromatic rings. The number of hydrogen-bond acceptors (Lipinski definition) is 15. The average Bonchev–Trinajstić information content (AvgIpc) is 3.23. The van der Waals surface area contributed by atoms with E-state index in [1.165, 1.54) is 38.5 Å². The summed E-state index contributed by atoms with van der Waals surface area (Å²) in [6.07, 6.45) is 11.0. The molecule has 1 aliphatic heterocycles. The second-order valence-electron chi connectivity index (χ2n) is 19.3. The van der Waals surface area contributed by atoms with E-state index in [2.05, 4.69) is 50.0 Å². The second kappa shape index (κ2) is 28.6. The number of carbonyl (C=O) groups is 6. The molecule has 4 unspecified atom stereocenters. The SMILES string of the molecule is Cc1c(C)c2c(c(C)c1OC(=O)C(CSC[C@H](N)C(=O)NCC(=O)OC(=O)CC[C@H](N)C(=O)O)C(=O)NCCS(=O)(=O)OC(C)C)CCC(C)(CCCC(C)CCCC(C)CCCC(C)C)O2. The molecule has 0 saturated carbocycles. The van der Waals surface area contributed by atoms with Crippen molar-refractivity contribution < 1.29 is 60.7 Å². The number of benzene rings is 1. The summed E-state index contributed by atoms with van der Waals surface area (Å²) in [6, 6.07) is -2.55. The predicted octanol–water partition coefficient (Wildman–Crippen LogP) is 5.97. The summed E-state index contributed by atoms with van der Waals surface area (Å²) in [6.45, 7) is 19.1. The average molecular weight is 985 g/mol. The molecule has 382 valence electrons. The van der Waals surface area contributed by atoms with Gasteiger partial charge in [0.15, 0.2) is 0 Å². The number of carboxylic acid groups (broad SMARTS) is 1. The monoisotopic (exact) mass is 985 g/mol. The van der Waals surface area contributed by atoms with Crippen LogP contribution in [-0.2, 0) is 54.2 Å². The number of aliphatic carboxylic acids is 1. The van der Waals surface area contributed by atoms with Crippen LogP contribution in [-0.4, -0.2) is 103 Å². The Bertz CT molecular complexity index is 1940. The minimum Gasteiger partial charge on any atom is -0.487 e. The summed E-state index contributed by atoms with van der Waals surface area (Å²) in [7, 11) is -3.98. The zero-order valence-corrected chi connectivity index (χ0v) is 43.2. The number of carboxylic acids is 1. The molecule has 1 aliphatic rings. The van der Waals surface area contributed by atoms with Gasteiger partial charge in [0.25, 0.3) is 10.1 Å². The van der Waals surface area contributed by atoms with Crippen LogP contribution in [0.25, 0.3) is 0 Å². The molecule has 17 nitrogen and oxygen atoms in total. The fourth-order valence-electron chi connectivity index (χ4n) is 7.89. The van der Waals surface area contributed by atoms with E-state index in [1.54, 1.807) is 13.8 Å². The number of nitrogens with two attached hydrogens (primary N) is 2. The zero-order valence-electron chi connectivity index (χ0n) is 41.6. The first-order valence-electron chi connectivity index (χ1n) is 23.8. The Morgan fingerprint density at radius 2 is 1.40 bits per heavy atom. The van der Waals surface area contributed by atoms with Crippen LogP contribution in [0.1, 0.15) is 148 Å². The van der Waals surface area contributed by atoms with Crippen molar-refractivity contribution >= 4 is 57.6 Å². The lowest BCUT2D eigenvalue weighted by molar-refractivity contribution is -0.159. The highest BCUT2D eigenvalue weighted by Crippen LogP contribution is 2.45. The topological polar surface area (TPSA) is 270 Å². The molecule has 2 amide bonds. The molecule has 1 aromatic carbocycles. The van der Waals surface area contributed by atoms with Crippen LogP contribution in [0.2, 0.25) is 0 Å². The molecule has 0 bridgehead atoms. The molecule has 67 heavy (non-hydrogen) atoms. The zero-order chi connectivity index (χ0) is 50.6. The van der Waals surface area contributed by atoms with Crippen molar-refractivity contribution in [2.24, 2.45) is 35.1 Å². The van der Waals surface area contributed by atoms with Crippen LogP contribution >= 0.6 is 11.8 Å². The maximum atomic E-state index is 14.0. The van der Waals surface area contributed by atoms with Crippen LogP contribution in [0.4, 0.5) is 0 Å². The van der Waals surface area contributed by atoms with E-state index in [1.807, 2.05) is 20.8 Å². The van der Waals surface area contributed by atoms with Crippen molar-refractivity contribution in [3.05, 3.63) is 22.3 Å². The first-order valence-corrected chi connectivity index (χ1v) is 26.5. The smallest absolute Gasteiger partial charge is 0.333 e. The third-order valence-corrected chi connectivity index (χ3v) is 14.7. The van der Waals surface area contributed by atoms with Crippen LogP contribution in [0, 0.1) is 44.4 Å². The summed E-state index contributed by atoms with van der Waals surface area (Å²) < 4.78 is 47.0. The van der Waals surface area contributed by atoms with Gasteiger partial charge in [-0.05, 0) is 108 Å². The highest BCUT2D eigenvalue weighted by Gasteiger charge is 2.36. The Hall–Kier alpha value is -3.78. The van der Waals surface area contributed by atoms with Crippen molar-refractivity contribution in [2.75, 3.05) is 30.3 Å². The molecule has 1 heterocycles. The molecule has 0 aromatic heterocycles. The van der Waals surface area contributed by atoms with Gasteiger partial charge >= 0.3 is 23.9 Å². The van der Waals surface area contributed by atoms with Crippen molar-refractivity contribution in [3.63, 3.8) is 0 Å². The third-order valence-electron chi connectivity index (χ3n) is 12.2. The van der Waals surface area contributed by atoms with Gasteiger partial charge in [-0.25, -0.2) is 4.79 Å². The quantitative estimate of drug-likeness (QED) is 0.0248. The fraction of sp³-hybridized carbons (Fsp3) is 0.750. The number of carbonyl (C=O) groups excluding carboxylic acids is 5. The number of amides is 2. The number of esters is 3.